The number of halogens is 2. The molecule has 1 rings (SSSR count). The van der Waals surface area contributed by atoms with Crippen molar-refractivity contribution in [1.29, 1.82) is 0 Å². The fourth-order valence-electron chi connectivity index (χ4n) is 0.712. The Kier molecular flexibility index (Phi) is 7.37. The first-order valence-corrected chi connectivity index (χ1v) is 11.0. The predicted octanol–water partition coefficient (Wildman–Crippen LogP) is 3.55. The second-order valence-electron chi connectivity index (χ2n) is 2.09. The van der Waals surface area contributed by atoms with Gasteiger partial charge in [0.1, 0.15) is 0 Å². The maximum atomic E-state index is 4.95. The zero-order valence-electron chi connectivity index (χ0n) is 6.48. The molecule has 1 aromatic carbocycles. The summed E-state index contributed by atoms with van der Waals surface area (Å²) in [4.78, 5) is 0. The van der Waals surface area contributed by atoms with Crippen LogP contribution in [0.3, 0.4) is 0 Å². The number of hydrogen-bond donors (Lipinski definition) is 0. The third-order valence-corrected chi connectivity index (χ3v) is 1.08. The predicted molar refractivity (Wildman–Crippen MR) is 47.3 cm³/mol. The van der Waals surface area contributed by atoms with E-state index in [0.29, 0.717) is 0 Å². The number of rotatable bonds is 0. The van der Waals surface area contributed by atoms with Gasteiger partial charge in [0.05, 0.1) is 0 Å². The molecule has 0 aliphatic heterocycles. The number of aryl methyl sites for hydroxylation is 1. The van der Waals surface area contributed by atoms with Gasteiger partial charge in [-0.25, -0.2) is 0 Å². The summed E-state index contributed by atoms with van der Waals surface area (Å²) >= 11 is -0.931. The summed E-state index contributed by atoms with van der Waals surface area (Å²) in [6, 6.07) is 8.12. The zero-order valence-corrected chi connectivity index (χ0v) is 11.0. The van der Waals surface area contributed by atoms with Crippen LogP contribution >= 0.6 is 19.4 Å². The molecule has 0 aromatic heterocycles. The van der Waals surface area contributed by atoms with E-state index in [9.17, 15) is 0 Å². The molecule has 0 saturated heterocycles. The molecule has 0 bridgehead atoms. The van der Waals surface area contributed by atoms with Crippen LogP contribution in [-0.2, 0) is 15.1 Å². The molecule has 0 saturated carbocycles. The van der Waals surface area contributed by atoms with Crippen LogP contribution in [0.1, 0.15) is 11.1 Å². The van der Waals surface area contributed by atoms with Gasteiger partial charge in [-0.2, -0.15) is 0 Å². The molecule has 0 N–H and O–H groups in total. The Hall–Kier alpha value is 0.423. The fourth-order valence-corrected chi connectivity index (χ4v) is 0.712. The molecule has 0 aliphatic carbocycles. The Labute approximate surface area is 83.6 Å². The normalized spacial score (nSPS) is 7.64. The molecule has 0 heterocycles. The summed E-state index contributed by atoms with van der Waals surface area (Å²) in [5.74, 6) is 0. The van der Waals surface area contributed by atoms with Crippen LogP contribution in [0.5, 0.6) is 0 Å². The maximum absolute atomic E-state index is 4.95. The molecule has 1 radical (unpaired) electrons. The third kappa shape index (κ3) is 6.81. The van der Waals surface area contributed by atoms with E-state index in [1.165, 1.54) is 5.56 Å². The van der Waals surface area contributed by atoms with E-state index >= 15 is 0 Å². The van der Waals surface area contributed by atoms with Crippen LogP contribution in [0, 0.1) is 13.8 Å². The van der Waals surface area contributed by atoms with E-state index in [1.54, 1.807) is 0 Å². The minimum absolute atomic E-state index is 0.931. The van der Waals surface area contributed by atoms with Crippen molar-refractivity contribution in [2.45, 2.75) is 6.92 Å². The van der Waals surface area contributed by atoms with Crippen molar-refractivity contribution in [2.24, 2.45) is 0 Å². The standard InChI is InChI=1S/C8H9.2ClH.Zn/c1-7-4-3-5-8(2)6-7;;;/h3-6H,1H2,2H3;2*1H;/q;;;+2/p-2. The van der Waals surface area contributed by atoms with E-state index in [4.69, 9.17) is 19.4 Å². The Bertz CT molecular complexity index is 184. The second-order valence-corrected chi connectivity index (χ2v) is 6.71. The van der Waals surface area contributed by atoms with Gasteiger partial charge in [0.25, 0.3) is 0 Å². The van der Waals surface area contributed by atoms with Gasteiger partial charge in [-0.3, -0.25) is 0 Å². The first-order chi connectivity index (χ1) is 5.20. The summed E-state index contributed by atoms with van der Waals surface area (Å²) in [5.41, 5.74) is 2.36. The van der Waals surface area contributed by atoms with E-state index in [1.807, 2.05) is 12.1 Å². The van der Waals surface area contributed by atoms with Crippen LogP contribution in [0.25, 0.3) is 0 Å². The summed E-state index contributed by atoms with van der Waals surface area (Å²) < 4.78 is 0. The molecular formula is C8H9Cl2Zn. The van der Waals surface area contributed by atoms with Crippen molar-refractivity contribution < 1.29 is 15.1 Å². The second kappa shape index (κ2) is 7.09. The van der Waals surface area contributed by atoms with Crippen molar-refractivity contribution in [3.63, 3.8) is 0 Å². The van der Waals surface area contributed by atoms with Crippen LogP contribution in [0.2, 0.25) is 0 Å². The molecule has 3 heteroatoms. The average Bonchev–Trinajstić information content (AvgIpc) is 1.88. The van der Waals surface area contributed by atoms with Crippen LogP contribution in [0.15, 0.2) is 24.3 Å². The monoisotopic (exact) mass is 239 g/mol. The van der Waals surface area contributed by atoms with Gasteiger partial charge in [-0.1, -0.05) is 29.8 Å². The molecular weight excluding hydrogens is 232 g/mol. The molecule has 0 aliphatic rings. The van der Waals surface area contributed by atoms with E-state index in [-0.39, 0.29) is 0 Å². The van der Waals surface area contributed by atoms with E-state index in [0.717, 1.165) is 5.56 Å². The first kappa shape index (κ1) is 11.4. The fraction of sp³-hybridized carbons (Fsp3) is 0.125. The van der Waals surface area contributed by atoms with Gasteiger partial charge in [-0.15, -0.1) is 0 Å². The van der Waals surface area contributed by atoms with E-state index in [2.05, 4.69) is 26.0 Å². The molecule has 0 fully saturated rings. The Balaban J connectivity index is 0.000000292. The Morgan fingerprint density at radius 3 is 2.18 bits per heavy atom. The van der Waals surface area contributed by atoms with Gasteiger partial charge in [0.15, 0.2) is 0 Å². The van der Waals surface area contributed by atoms with Crippen molar-refractivity contribution in [2.75, 3.05) is 0 Å². The van der Waals surface area contributed by atoms with Crippen molar-refractivity contribution >= 4 is 19.4 Å². The molecule has 1 aromatic rings. The Morgan fingerprint density at radius 1 is 1.36 bits per heavy atom. The van der Waals surface area contributed by atoms with Crippen molar-refractivity contribution in [3.05, 3.63) is 42.3 Å². The summed E-state index contributed by atoms with van der Waals surface area (Å²) in [5, 5.41) is 0. The number of benzene rings is 1. The van der Waals surface area contributed by atoms with E-state index < -0.39 is 15.1 Å². The molecule has 0 spiro atoms. The first-order valence-electron chi connectivity index (χ1n) is 3.21. The molecule has 0 unspecified atom stereocenters. The molecule has 11 heavy (non-hydrogen) atoms. The van der Waals surface area contributed by atoms with Gasteiger partial charge in [-0.05, 0) is 19.4 Å². The summed E-state index contributed by atoms with van der Waals surface area (Å²) in [7, 11) is 9.90. The van der Waals surface area contributed by atoms with Gasteiger partial charge < -0.3 is 0 Å². The Morgan fingerprint density at radius 2 is 1.91 bits per heavy atom. The van der Waals surface area contributed by atoms with Gasteiger partial charge in [0.2, 0.25) is 0 Å². The third-order valence-electron chi connectivity index (χ3n) is 1.08. The van der Waals surface area contributed by atoms with Crippen molar-refractivity contribution in [3.8, 4) is 0 Å². The van der Waals surface area contributed by atoms with Crippen molar-refractivity contribution in [1.82, 2.24) is 0 Å². The zero-order chi connectivity index (χ0) is 8.69. The van der Waals surface area contributed by atoms with Crippen LogP contribution in [0.4, 0.5) is 0 Å². The molecule has 0 nitrogen and oxygen atoms in total. The van der Waals surface area contributed by atoms with Gasteiger partial charge in [0, 0.05) is 0 Å². The number of hydrogen-bond acceptors (Lipinski definition) is 0. The van der Waals surface area contributed by atoms with Crippen LogP contribution < -0.4 is 0 Å². The molecule has 0 atom stereocenters. The topological polar surface area (TPSA) is 0 Å². The average molecular weight is 241 g/mol. The minimum atomic E-state index is -0.931. The quantitative estimate of drug-likeness (QED) is 0.609. The van der Waals surface area contributed by atoms with Gasteiger partial charge >= 0.3 is 34.5 Å². The summed E-state index contributed by atoms with van der Waals surface area (Å²) in [6.07, 6.45) is 0. The SMILES string of the molecule is [CH2]c1cccc(C)c1.[Cl][Zn][Cl]. The van der Waals surface area contributed by atoms with Crippen LogP contribution in [-0.4, -0.2) is 0 Å². The molecule has 57 valence electrons. The summed E-state index contributed by atoms with van der Waals surface area (Å²) in [6.45, 7) is 5.85. The molecule has 0 amide bonds.